The molecule has 0 spiro atoms. The van der Waals surface area contributed by atoms with E-state index in [1.54, 1.807) is 4.08 Å². The minimum Gasteiger partial charge on any atom is -0.463 e. The Bertz CT molecular complexity index is 984. The van der Waals surface area contributed by atoms with Gasteiger partial charge in [0.2, 0.25) is 0 Å². The summed E-state index contributed by atoms with van der Waals surface area (Å²) >= 11 is 3.87. The Balaban J connectivity index is 2.56. The Morgan fingerprint density at radius 1 is 1.13 bits per heavy atom. The fourth-order valence-corrected chi connectivity index (χ4v) is 3.54. The second-order valence-corrected chi connectivity index (χ2v) is 7.97. The number of hydrogen-bond donors (Lipinski definition) is 1. The molecule has 1 fully saturated rings. The van der Waals surface area contributed by atoms with Gasteiger partial charge in [-0.1, -0.05) is 22.6 Å². The summed E-state index contributed by atoms with van der Waals surface area (Å²) in [5.41, 5.74) is -1.25. The van der Waals surface area contributed by atoms with Gasteiger partial charge in [0.25, 0.3) is 5.56 Å². The summed E-state index contributed by atoms with van der Waals surface area (Å²) < 4.78 is 24.5. The van der Waals surface area contributed by atoms with Crippen LogP contribution in [0.3, 0.4) is 0 Å². The fourth-order valence-electron chi connectivity index (χ4n) is 2.82. The normalized spacial score (nSPS) is 23.7. The summed E-state index contributed by atoms with van der Waals surface area (Å²) in [6.07, 6.45) is -3.39. The highest BCUT2D eigenvalue weighted by molar-refractivity contribution is 14.1. The van der Waals surface area contributed by atoms with Crippen LogP contribution in [0.2, 0.25) is 0 Å². The molecule has 0 aromatic carbocycles. The highest BCUT2D eigenvalue weighted by Gasteiger charge is 2.51. The molecule has 0 radical (unpaired) electrons. The maximum absolute atomic E-state index is 12.5. The van der Waals surface area contributed by atoms with Gasteiger partial charge in [0.05, 0.1) is 5.56 Å². The van der Waals surface area contributed by atoms with Gasteiger partial charge in [0.1, 0.15) is 12.7 Å². The second-order valence-electron chi connectivity index (χ2n) is 6.18. The number of aromatic amines is 1. The lowest BCUT2D eigenvalue weighted by Crippen LogP contribution is -2.42. The number of hydrogen-bond acceptors (Lipinski definition) is 9. The molecule has 164 valence electrons. The monoisotopic (exact) mass is 648 g/mol. The Kier molecular flexibility index (Phi) is 8.60. The number of esters is 3. The average Bonchev–Trinajstić information content (AvgIpc) is 2.95. The molecule has 2 rings (SSSR count). The van der Waals surface area contributed by atoms with Gasteiger partial charge in [-0.05, 0) is 26.7 Å². The number of rotatable bonds is 6. The van der Waals surface area contributed by atoms with Gasteiger partial charge in [-0.3, -0.25) is 28.7 Å². The Hall–Kier alpha value is -1.75. The zero-order valence-electron chi connectivity index (χ0n) is 16.0. The largest absolute Gasteiger partial charge is 0.463 e. The van der Waals surface area contributed by atoms with E-state index in [4.69, 9.17) is 18.9 Å². The van der Waals surface area contributed by atoms with E-state index < -0.39 is 53.7 Å². The van der Waals surface area contributed by atoms with Crippen LogP contribution in [0.15, 0.2) is 19.9 Å². The van der Waals surface area contributed by atoms with Crippen molar-refractivity contribution in [1.29, 1.82) is 0 Å². The van der Waals surface area contributed by atoms with Crippen LogP contribution in [0.1, 0.15) is 32.6 Å². The Labute approximate surface area is 197 Å². The van der Waals surface area contributed by atoms with Crippen molar-refractivity contribution < 1.29 is 33.3 Å². The third-order valence-electron chi connectivity index (χ3n) is 3.94. The number of H-pyrrole nitrogens is 1. The van der Waals surface area contributed by atoms with Crippen molar-refractivity contribution in [3.63, 3.8) is 0 Å². The third-order valence-corrected chi connectivity index (χ3v) is 6.64. The average molecular weight is 648 g/mol. The number of halogens is 2. The molecule has 0 saturated carbocycles. The molecule has 0 bridgehead atoms. The van der Waals surface area contributed by atoms with Gasteiger partial charge in [-0.2, -0.15) is 0 Å². The third kappa shape index (κ3) is 5.90. The lowest BCUT2D eigenvalue weighted by Gasteiger charge is -2.24. The zero-order valence-corrected chi connectivity index (χ0v) is 20.4. The van der Waals surface area contributed by atoms with Crippen LogP contribution in [0, 0.1) is 0 Å². The number of nitrogens with one attached hydrogen (secondary N) is 1. The fraction of sp³-hybridized carbons (Fsp3) is 0.471. The van der Waals surface area contributed by atoms with Gasteiger partial charge in [-0.25, -0.2) is 4.79 Å². The summed E-state index contributed by atoms with van der Waals surface area (Å²) in [6.45, 7) is 3.18. The predicted molar refractivity (Wildman–Crippen MR) is 119 cm³/mol. The number of nitrogens with zero attached hydrogens (tertiary/aromatic N) is 1. The Morgan fingerprint density at radius 2 is 1.73 bits per heavy atom. The minimum absolute atomic E-state index is 0.183. The number of carbonyl (C=O) groups excluding carboxylic acids is 3. The summed E-state index contributed by atoms with van der Waals surface area (Å²) in [4.78, 5) is 61.3. The minimum atomic E-state index is -1.25. The van der Waals surface area contributed by atoms with Crippen molar-refractivity contribution in [3.8, 4) is 0 Å². The smallest absolute Gasteiger partial charge is 0.330 e. The zero-order chi connectivity index (χ0) is 22.6. The molecule has 1 aliphatic heterocycles. The summed E-state index contributed by atoms with van der Waals surface area (Å²) in [7, 11) is 0. The maximum Gasteiger partial charge on any atom is 0.330 e. The van der Waals surface area contributed by atoms with E-state index in [0.29, 0.717) is 3.58 Å². The van der Waals surface area contributed by atoms with Crippen molar-refractivity contribution in [2.24, 2.45) is 0 Å². The predicted octanol–water partition coefficient (Wildman–Crippen LogP) is 1.03. The van der Waals surface area contributed by atoms with Crippen molar-refractivity contribution in [3.05, 3.63) is 36.7 Å². The highest BCUT2D eigenvalue weighted by Crippen LogP contribution is 2.34. The van der Waals surface area contributed by atoms with Crippen LogP contribution in [0.5, 0.6) is 0 Å². The van der Waals surface area contributed by atoms with Gasteiger partial charge >= 0.3 is 23.6 Å². The molecule has 2 heterocycles. The van der Waals surface area contributed by atoms with E-state index in [9.17, 15) is 24.0 Å². The van der Waals surface area contributed by atoms with Crippen LogP contribution < -0.4 is 11.2 Å². The molecule has 1 saturated heterocycles. The molecular formula is C17H18I2N2O9. The SMILES string of the molecule is CC(=O)OC[C@H]1O[C@@H](n2cc(/C(I)=C\I)c(=O)[nH]c2=O)[C@H](OC(C)=O)[C@@H]1OC(C)=O. The summed E-state index contributed by atoms with van der Waals surface area (Å²) in [6, 6.07) is 0. The van der Waals surface area contributed by atoms with E-state index in [1.165, 1.54) is 13.1 Å². The van der Waals surface area contributed by atoms with E-state index in [-0.39, 0.29) is 12.2 Å². The molecule has 4 atom stereocenters. The number of ether oxygens (including phenoxy) is 4. The molecule has 11 nitrogen and oxygen atoms in total. The second kappa shape index (κ2) is 10.5. The molecule has 0 aliphatic carbocycles. The first-order valence-corrected chi connectivity index (χ1v) is 10.8. The number of aromatic nitrogens is 2. The van der Waals surface area contributed by atoms with E-state index in [1.807, 2.05) is 45.2 Å². The van der Waals surface area contributed by atoms with Crippen LogP contribution >= 0.6 is 45.2 Å². The van der Waals surface area contributed by atoms with Crippen molar-refractivity contribution >= 4 is 66.7 Å². The van der Waals surface area contributed by atoms with Crippen LogP contribution in [0.4, 0.5) is 0 Å². The topological polar surface area (TPSA) is 143 Å². The maximum atomic E-state index is 12.5. The van der Waals surface area contributed by atoms with Gasteiger partial charge in [0, 0.05) is 30.5 Å². The van der Waals surface area contributed by atoms with E-state index >= 15 is 0 Å². The van der Waals surface area contributed by atoms with Gasteiger partial charge < -0.3 is 18.9 Å². The first-order valence-electron chi connectivity index (χ1n) is 8.50. The van der Waals surface area contributed by atoms with Gasteiger partial charge in [-0.15, -0.1) is 0 Å². The first kappa shape index (κ1) is 24.5. The van der Waals surface area contributed by atoms with Crippen molar-refractivity contribution in [2.45, 2.75) is 45.3 Å². The molecule has 0 unspecified atom stereocenters. The van der Waals surface area contributed by atoms with Crippen molar-refractivity contribution in [2.75, 3.05) is 6.61 Å². The molecular weight excluding hydrogens is 630 g/mol. The first-order chi connectivity index (χ1) is 14.0. The standard InChI is InChI=1S/C17H18I2N2O9/c1-7(22)27-6-12-13(28-8(2)23)14(29-9(3)24)16(30-12)21-5-10(11(19)4-18)15(25)20-17(21)26/h4-5,12-14,16H,6H2,1-3H3,(H,20,25,26)/b11-4+/t12-,13-,14-,16-/m1/s1. The molecule has 1 N–H and O–H groups in total. The molecule has 1 aromatic heterocycles. The van der Waals surface area contributed by atoms with Gasteiger partial charge in [0.15, 0.2) is 18.4 Å². The van der Waals surface area contributed by atoms with Crippen LogP contribution in [0.25, 0.3) is 3.58 Å². The molecule has 1 aromatic rings. The summed E-state index contributed by atoms with van der Waals surface area (Å²) in [5.74, 6) is -2.00. The van der Waals surface area contributed by atoms with E-state index in [0.717, 1.165) is 18.4 Å². The molecule has 30 heavy (non-hydrogen) atoms. The van der Waals surface area contributed by atoms with E-state index in [2.05, 4.69) is 4.98 Å². The van der Waals surface area contributed by atoms with Crippen LogP contribution in [-0.2, 0) is 33.3 Å². The molecule has 1 aliphatic rings. The number of carbonyl (C=O) groups is 3. The molecule has 0 amide bonds. The summed E-state index contributed by atoms with van der Waals surface area (Å²) in [5, 5.41) is 0. The quantitative estimate of drug-likeness (QED) is 0.272. The highest BCUT2D eigenvalue weighted by atomic mass is 127. The molecule has 13 heteroatoms. The Morgan fingerprint density at radius 3 is 2.27 bits per heavy atom. The lowest BCUT2D eigenvalue weighted by molar-refractivity contribution is -0.166. The van der Waals surface area contributed by atoms with Crippen LogP contribution in [-0.4, -0.2) is 52.4 Å². The van der Waals surface area contributed by atoms with Crippen molar-refractivity contribution in [1.82, 2.24) is 9.55 Å². The lowest BCUT2D eigenvalue weighted by atomic mass is 10.1.